The molecule has 3 N–H and O–H groups in total. The monoisotopic (exact) mass is 402 g/mol. The first-order valence-corrected chi connectivity index (χ1v) is 8.58. The Morgan fingerprint density at radius 2 is 1.93 bits per heavy atom. The van der Waals surface area contributed by atoms with E-state index in [2.05, 4.69) is 10.4 Å². The van der Waals surface area contributed by atoms with Crippen LogP contribution in [-0.2, 0) is 17.5 Å². The van der Waals surface area contributed by atoms with Gasteiger partial charge in [-0.1, -0.05) is 18.6 Å². The second-order valence-corrected chi connectivity index (χ2v) is 6.56. The minimum atomic E-state index is -4.46. The fourth-order valence-electron chi connectivity index (χ4n) is 3.37. The highest BCUT2D eigenvalue weighted by molar-refractivity contribution is 5.85. The molecule has 5 nitrogen and oxygen atoms in total. The number of carbonyl (C=O) groups is 1. The number of hydrogen-bond acceptors (Lipinski definition) is 3. The summed E-state index contributed by atoms with van der Waals surface area (Å²) in [6.07, 6.45) is -0.303. The molecule has 3 rings (SSSR count). The molecule has 2 atom stereocenters. The van der Waals surface area contributed by atoms with Crippen molar-refractivity contribution in [3.05, 3.63) is 47.8 Å². The van der Waals surface area contributed by atoms with Crippen LogP contribution in [0.3, 0.4) is 0 Å². The van der Waals surface area contributed by atoms with Crippen molar-refractivity contribution in [1.29, 1.82) is 0 Å². The summed E-state index contributed by atoms with van der Waals surface area (Å²) >= 11 is 0. The molecule has 0 bridgehead atoms. The molecule has 0 saturated heterocycles. The van der Waals surface area contributed by atoms with Crippen molar-refractivity contribution in [2.75, 3.05) is 6.54 Å². The van der Waals surface area contributed by atoms with Gasteiger partial charge in [0.05, 0.1) is 5.69 Å². The lowest BCUT2D eigenvalue weighted by molar-refractivity contribution is -0.141. The lowest BCUT2D eigenvalue weighted by Crippen LogP contribution is -2.34. The number of amides is 1. The summed E-state index contributed by atoms with van der Waals surface area (Å²) in [5.74, 6) is 0.244. The molecule has 0 aliphatic heterocycles. The number of nitrogens with one attached hydrogen (secondary N) is 1. The topological polar surface area (TPSA) is 72.9 Å². The summed E-state index contributed by atoms with van der Waals surface area (Å²) in [5, 5.41) is 6.46. The zero-order chi connectivity index (χ0) is 18.7. The first-order valence-electron chi connectivity index (χ1n) is 8.58. The Bertz CT molecular complexity index is 761. The molecule has 27 heavy (non-hydrogen) atoms. The largest absolute Gasteiger partial charge is 0.435 e. The number of nitrogens with two attached hydrogens (primary N) is 1. The van der Waals surface area contributed by atoms with Crippen LogP contribution in [0.4, 0.5) is 13.2 Å². The van der Waals surface area contributed by atoms with Gasteiger partial charge in [-0.2, -0.15) is 18.3 Å². The van der Waals surface area contributed by atoms with Crippen molar-refractivity contribution in [1.82, 2.24) is 15.1 Å². The predicted octanol–water partition coefficient (Wildman–Crippen LogP) is 3.30. The van der Waals surface area contributed by atoms with Crippen LogP contribution in [0, 0.1) is 11.8 Å². The van der Waals surface area contributed by atoms with Crippen molar-refractivity contribution in [2.24, 2.45) is 17.6 Å². The van der Waals surface area contributed by atoms with Crippen LogP contribution in [-0.4, -0.2) is 22.2 Å². The predicted molar refractivity (Wildman–Crippen MR) is 97.5 cm³/mol. The van der Waals surface area contributed by atoms with Gasteiger partial charge in [-0.3, -0.25) is 4.79 Å². The molecule has 1 aliphatic rings. The maximum absolute atomic E-state index is 12.6. The molecule has 1 aliphatic carbocycles. The van der Waals surface area contributed by atoms with Crippen LogP contribution >= 0.6 is 12.4 Å². The Labute approximate surface area is 161 Å². The quantitative estimate of drug-likeness (QED) is 0.805. The van der Waals surface area contributed by atoms with Crippen molar-refractivity contribution in [3.8, 4) is 5.69 Å². The molecule has 148 valence electrons. The lowest BCUT2D eigenvalue weighted by atomic mass is 9.95. The van der Waals surface area contributed by atoms with Crippen molar-refractivity contribution in [2.45, 2.75) is 32.0 Å². The van der Waals surface area contributed by atoms with E-state index in [0.717, 1.165) is 30.9 Å². The van der Waals surface area contributed by atoms with Gasteiger partial charge in [-0.15, -0.1) is 12.4 Å². The SMILES string of the molecule is Cl.NC[C@H]1CCC[C@H]1C(=O)NCc1ccc(-n2ccc(C(F)(F)F)n2)cc1. The van der Waals surface area contributed by atoms with E-state index in [1.807, 2.05) is 0 Å². The fraction of sp³-hybridized carbons (Fsp3) is 0.444. The van der Waals surface area contributed by atoms with Gasteiger partial charge >= 0.3 is 6.18 Å². The molecule has 0 spiro atoms. The van der Waals surface area contributed by atoms with Crippen molar-refractivity contribution in [3.63, 3.8) is 0 Å². The molecule has 0 radical (unpaired) electrons. The molecule has 1 aromatic carbocycles. The Kier molecular flexibility index (Phi) is 6.89. The van der Waals surface area contributed by atoms with E-state index in [0.29, 0.717) is 18.8 Å². The number of hydrogen-bond donors (Lipinski definition) is 2. The van der Waals surface area contributed by atoms with Gasteiger partial charge < -0.3 is 11.1 Å². The van der Waals surface area contributed by atoms with E-state index in [1.54, 1.807) is 24.3 Å². The zero-order valence-electron chi connectivity index (χ0n) is 14.6. The molecule has 1 aromatic heterocycles. The van der Waals surface area contributed by atoms with Gasteiger partial charge in [-0.05, 0) is 49.1 Å². The molecule has 9 heteroatoms. The van der Waals surface area contributed by atoms with Gasteiger partial charge in [0, 0.05) is 18.7 Å². The van der Waals surface area contributed by atoms with Crippen LogP contribution < -0.4 is 11.1 Å². The summed E-state index contributed by atoms with van der Waals surface area (Å²) in [5.41, 5.74) is 6.17. The standard InChI is InChI=1S/C18H21F3N4O.ClH/c19-18(20,21)16-8-9-25(24-16)14-6-4-12(5-7-14)11-23-17(26)15-3-1-2-13(15)10-22;/h4-9,13,15H,1-3,10-11,22H2,(H,23,26);1H/t13-,15-;/m1./s1. The average molecular weight is 403 g/mol. The first-order chi connectivity index (χ1) is 12.4. The van der Waals surface area contributed by atoms with Crippen LogP contribution in [0.2, 0.25) is 0 Å². The van der Waals surface area contributed by atoms with Crippen LogP contribution in [0.5, 0.6) is 0 Å². The minimum Gasteiger partial charge on any atom is -0.352 e. The Morgan fingerprint density at radius 1 is 1.22 bits per heavy atom. The summed E-state index contributed by atoms with van der Waals surface area (Å²) in [6, 6.07) is 7.81. The molecule has 1 heterocycles. The van der Waals surface area contributed by atoms with E-state index in [4.69, 9.17) is 5.73 Å². The molecular formula is C18H22ClF3N4O. The summed E-state index contributed by atoms with van der Waals surface area (Å²) in [4.78, 5) is 12.3. The minimum absolute atomic E-state index is 0. The van der Waals surface area contributed by atoms with Gasteiger partial charge in [0.2, 0.25) is 5.91 Å². The Balaban J connectivity index is 0.00000261. The summed E-state index contributed by atoms with van der Waals surface area (Å²) in [7, 11) is 0. The van der Waals surface area contributed by atoms with Crippen LogP contribution in [0.25, 0.3) is 5.69 Å². The number of aromatic nitrogens is 2. The molecule has 1 saturated carbocycles. The second kappa shape index (κ2) is 8.75. The third-order valence-electron chi connectivity index (χ3n) is 4.85. The summed E-state index contributed by atoms with van der Waals surface area (Å²) in [6.45, 7) is 0.899. The Hall–Kier alpha value is -2.06. The van der Waals surface area contributed by atoms with Crippen molar-refractivity contribution >= 4 is 18.3 Å². The van der Waals surface area contributed by atoms with E-state index in [9.17, 15) is 18.0 Å². The average Bonchev–Trinajstić information content (AvgIpc) is 3.28. The number of benzene rings is 1. The normalized spacial score (nSPS) is 19.6. The summed E-state index contributed by atoms with van der Waals surface area (Å²) < 4.78 is 39.0. The maximum Gasteiger partial charge on any atom is 0.435 e. The second-order valence-electron chi connectivity index (χ2n) is 6.56. The highest BCUT2D eigenvalue weighted by atomic mass is 35.5. The number of nitrogens with zero attached hydrogens (tertiary/aromatic N) is 2. The third kappa shape index (κ3) is 5.01. The smallest absolute Gasteiger partial charge is 0.352 e. The molecular weight excluding hydrogens is 381 g/mol. The molecule has 1 amide bonds. The Morgan fingerprint density at radius 3 is 2.52 bits per heavy atom. The zero-order valence-corrected chi connectivity index (χ0v) is 15.4. The van der Waals surface area contributed by atoms with E-state index < -0.39 is 11.9 Å². The maximum atomic E-state index is 12.6. The van der Waals surface area contributed by atoms with Gasteiger partial charge in [0.1, 0.15) is 0 Å². The number of halogens is 4. The van der Waals surface area contributed by atoms with E-state index >= 15 is 0 Å². The van der Waals surface area contributed by atoms with Crippen LogP contribution in [0.1, 0.15) is 30.5 Å². The van der Waals surface area contributed by atoms with E-state index in [1.165, 1.54) is 10.9 Å². The van der Waals surface area contributed by atoms with Crippen molar-refractivity contribution < 1.29 is 18.0 Å². The molecule has 2 aromatic rings. The fourth-order valence-corrected chi connectivity index (χ4v) is 3.37. The number of carbonyl (C=O) groups excluding carboxylic acids is 1. The van der Waals surface area contributed by atoms with Gasteiger partial charge in [0.15, 0.2) is 5.69 Å². The van der Waals surface area contributed by atoms with Crippen LogP contribution in [0.15, 0.2) is 36.5 Å². The lowest BCUT2D eigenvalue weighted by Gasteiger charge is -2.17. The third-order valence-corrected chi connectivity index (χ3v) is 4.85. The van der Waals surface area contributed by atoms with Gasteiger partial charge in [-0.25, -0.2) is 4.68 Å². The number of alkyl halides is 3. The van der Waals surface area contributed by atoms with E-state index in [-0.39, 0.29) is 30.2 Å². The molecule has 0 unspecified atom stereocenters. The van der Waals surface area contributed by atoms with Gasteiger partial charge in [0.25, 0.3) is 0 Å². The highest BCUT2D eigenvalue weighted by Gasteiger charge is 2.33. The molecule has 1 fully saturated rings. The first kappa shape index (κ1) is 21.2. The highest BCUT2D eigenvalue weighted by Crippen LogP contribution is 2.31. The number of rotatable bonds is 5.